The second kappa shape index (κ2) is 6.91. The summed E-state index contributed by atoms with van der Waals surface area (Å²) in [5.41, 5.74) is 1.05. The lowest BCUT2D eigenvalue weighted by Crippen LogP contribution is -2.12. The Bertz CT molecular complexity index is 1300. The Morgan fingerprint density at radius 3 is 2.59 bits per heavy atom. The van der Waals surface area contributed by atoms with E-state index in [4.69, 9.17) is 4.42 Å². The second-order valence-corrected chi connectivity index (χ2v) is 6.84. The lowest BCUT2D eigenvalue weighted by atomic mass is 10.0. The monoisotopic (exact) mass is 402 g/mol. The number of hydrogen-bond donors (Lipinski definition) is 1. The predicted octanol–water partition coefficient (Wildman–Crippen LogP) is 4.63. The summed E-state index contributed by atoms with van der Waals surface area (Å²) in [7, 11) is 1.59. The van der Waals surface area contributed by atoms with Gasteiger partial charge in [-0.15, -0.1) is 5.10 Å². The first-order valence-electron chi connectivity index (χ1n) is 8.87. The summed E-state index contributed by atoms with van der Waals surface area (Å²) in [6, 6.07) is 6.68. The van der Waals surface area contributed by atoms with Gasteiger partial charge in [-0.1, -0.05) is 18.2 Å². The molecule has 150 valence electrons. The molecule has 4 rings (SSSR count). The minimum Gasteiger partial charge on any atom is -0.408 e. The first-order valence-corrected chi connectivity index (χ1v) is 8.87. The van der Waals surface area contributed by atoms with E-state index in [1.807, 2.05) is 0 Å². The largest absolute Gasteiger partial charge is 0.419 e. The Morgan fingerprint density at radius 2 is 1.86 bits per heavy atom. The number of alkyl halides is 2. The smallest absolute Gasteiger partial charge is 0.408 e. The maximum Gasteiger partial charge on any atom is 0.419 e. The zero-order chi connectivity index (χ0) is 20.9. The van der Waals surface area contributed by atoms with Gasteiger partial charge in [-0.05, 0) is 26.0 Å². The molecular weight excluding hydrogens is 385 g/mol. The molecule has 1 unspecified atom stereocenters. The third-order valence-corrected chi connectivity index (χ3v) is 4.99. The third-order valence-electron chi connectivity index (χ3n) is 4.99. The van der Waals surface area contributed by atoms with Gasteiger partial charge in [0.1, 0.15) is 5.82 Å². The minimum absolute atomic E-state index is 0.0927. The van der Waals surface area contributed by atoms with Crippen LogP contribution in [0.1, 0.15) is 36.2 Å². The van der Waals surface area contributed by atoms with Crippen LogP contribution in [0.25, 0.3) is 21.9 Å². The molecular formula is C20H17F3N4O2. The van der Waals surface area contributed by atoms with E-state index in [9.17, 15) is 18.0 Å². The van der Waals surface area contributed by atoms with Crippen molar-refractivity contribution in [1.82, 2.24) is 14.8 Å². The summed E-state index contributed by atoms with van der Waals surface area (Å²) in [5.74, 6) is -1.11. The molecule has 9 heteroatoms. The summed E-state index contributed by atoms with van der Waals surface area (Å²) in [6.45, 7) is 3.41. The van der Waals surface area contributed by atoms with Crippen molar-refractivity contribution in [2.24, 2.45) is 7.05 Å². The molecule has 1 atom stereocenters. The van der Waals surface area contributed by atoms with Crippen molar-refractivity contribution in [2.75, 3.05) is 5.32 Å². The fourth-order valence-electron chi connectivity index (χ4n) is 3.36. The zero-order valence-electron chi connectivity index (χ0n) is 15.8. The van der Waals surface area contributed by atoms with Crippen LogP contribution in [-0.2, 0) is 7.05 Å². The third kappa shape index (κ3) is 3.12. The van der Waals surface area contributed by atoms with Gasteiger partial charge in [-0.3, -0.25) is 4.57 Å². The molecule has 0 aliphatic rings. The van der Waals surface area contributed by atoms with Gasteiger partial charge >= 0.3 is 5.76 Å². The highest BCUT2D eigenvalue weighted by Crippen LogP contribution is 2.32. The molecule has 0 saturated carbocycles. The Morgan fingerprint density at radius 1 is 1.14 bits per heavy atom. The number of hydrogen-bond acceptors (Lipinski definition) is 5. The van der Waals surface area contributed by atoms with Crippen molar-refractivity contribution in [3.8, 4) is 0 Å². The first-order chi connectivity index (χ1) is 13.8. The van der Waals surface area contributed by atoms with Crippen molar-refractivity contribution >= 4 is 27.7 Å². The highest BCUT2D eigenvalue weighted by Gasteiger charge is 2.21. The molecule has 0 radical (unpaired) electrons. The molecule has 29 heavy (non-hydrogen) atoms. The van der Waals surface area contributed by atoms with Crippen molar-refractivity contribution < 1.29 is 17.6 Å². The molecule has 0 bridgehead atoms. The topological polar surface area (TPSA) is 73.0 Å². The second-order valence-electron chi connectivity index (χ2n) is 6.84. The molecule has 0 amide bonds. The van der Waals surface area contributed by atoms with E-state index in [1.54, 1.807) is 33.0 Å². The fraction of sp³-hybridized carbons (Fsp3) is 0.250. The number of oxazole rings is 1. The molecule has 0 aliphatic heterocycles. The molecule has 4 aromatic rings. The van der Waals surface area contributed by atoms with Crippen LogP contribution in [0.15, 0.2) is 39.5 Å². The molecule has 0 aliphatic carbocycles. The van der Waals surface area contributed by atoms with Gasteiger partial charge in [-0.25, -0.2) is 18.0 Å². The zero-order valence-corrected chi connectivity index (χ0v) is 15.8. The number of anilines is 1. The number of halogens is 3. The van der Waals surface area contributed by atoms with E-state index >= 15 is 0 Å². The molecule has 0 fully saturated rings. The lowest BCUT2D eigenvalue weighted by molar-refractivity contribution is 0.146. The van der Waals surface area contributed by atoms with Crippen molar-refractivity contribution in [2.45, 2.75) is 26.3 Å². The molecule has 6 nitrogen and oxygen atoms in total. The van der Waals surface area contributed by atoms with E-state index in [-0.39, 0.29) is 5.56 Å². The standard InChI is InChI=1S/C20H17F3N4O2/c1-9(11-5-4-6-12(17(11)21)18(22)23)24-19-14-7-15-16(29-20(28)27(15)3)8-13(14)10(2)25-26-19/h4-9,18H,1-3H3,(H,24,26). The maximum atomic E-state index is 14.5. The minimum atomic E-state index is -2.90. The van der Waals surface area contributed by atoms with Crippen LogP contribution < -0.4 is 11.1 Å². The van der Waals surface area contributed by atoms with Gasteiger partial charge in [0.15, 0.2) is 11.4 Å². The average Bonchev–Trinajstić information content (AvgIpc) is 2.96. The van der Waals surface area contributed by atoms with E-state index in [1.165, 1.54) is 16.7 Å². The van der Waals surface area contributed by atoms with Gasteiger partial charge in [0.25, 0.3) is 6.43 Å². The van der Waals surface area contributed by atoms with Crippen molar-refractivity contribution in [1.29, 1.82) is 0 Å². The molecule has 2 aromatic carbocycles. The normalized spacial score (nSPS) is 12.8. The van der Waals surface area contributed by atoms with Crippen LogP contribution in [0.3, 0.4) is 0 Å². The van der Waals surface area contributed by atoms with Crippen LogP contribution in [-0.4, -0.2) is 14.8 Å². The van der Waals surface area contributed by atoms with E-state index in [2.05, 4.69) is 15.5 Å². The van der Waals surface area contributed by atoms with Crippen LogP contribution in [0, 0.1) is 12.7 Å². The van der Waals surface area contributed by atoms with Crippen LogP contribution in [0.2, 0.25) is 0 Å². The average molecular weight is 402 g/mol. The molecule has 0 spiro atoms. The Labute approximate surface area is 163 Å². The molecule has 0 saturated heterocycles. The van der Waals surface area contributed by atoms with Gasteiger partial charge in [-0.2, -0.15) is 5.10 Å². The van der Waals surface area contributed by atoms with Gasteiger partial charge < -0.3 is 9.73 Å². The summed E-state index contributed by atoms with van der Waals surface area (Å²) >= 11 is 0. The first kappa shape index (κ1) is 19.0. The van der Waals surface area contributed by atoms with Gasteiger partial charge in [0.2, 0.25) is 0 Å². The van der Waals surface area contributed by atoms with Crippen molar-refractivity contribution in [3.05, 3.63) is 63.5 Å². The van der Waals surface area contributed by atoms with Gasteiger partial charge in [0, 0.05) is 23.4 Å². The van der Waals surface area contributed by atoms with E-state index in [0.29, 0.717) is 33.4 Å². The Balaban J connectivity index is 1.82. The number of nitrogens with zero attached hydrogens (tertiary/aromatic N) is 3. The number of nitrogens with one attached hydrogen (secondary N) is 1. The number of aryl methyl sites for hydroxylation is 2. The van der Waals surface area contributed by atoms with E-state index in [0.717, 1.165) is 6.07 Å². The molecule has 2 heterocycles. The van der Waals surface area contributed by atoms with Gasteiger partial charge in [0.05, 0.1) is 22.8 Å². The maximum absolute atomic E-state index is 14.5. The fourth-order valence-corrected chi connectivity index (χ4v) is 3.36. The number of rotatable bonds is 4. The summed E-state index contributed by atoms with van der Waals surface area (Å²) in [4.78, 5) is 11.8. The molecule has 2 aromatic heterocycles. The highest BCUT2D eigenvalue weighted by atomic mass is 19.3. The number of benzene rings is 2. The highest BCUT2D eigenvalue weighted by molar-refractivity contribution is 6.00. The van der Waals surface area contributed by atoms with Crippen LogP contribution in [0.5, 0.6) is 0 Å². The SMILES string of the molecule is Cc1nnc(NC(C)c2cccc(C(F)F)c2F)c2cc3c(cc12)oc(=O)n3C. The Hall–Kier alpha value is -3.36. The number of aromatic nitrogens is 3. The van der Waals surface area contributed by atoms with Crippen LogP contribution >= 0.6 is 0 Å². The number of fused-ring (bicyclic) bond motifs is 2. The summed E-state index contributed by atoms with van der Waals surface area (Å²) in [6.07, 6.45) is -2.90. The summed E-state index contributed by atoms with van der Waals surface area (Å²) < 4.78 is 47.1. The Kier molecular flexibility index (Phi) is 4.52. The van der Waals surface area contributed by atoms with E-state index < -0.39 is 29.6 Å². The molecule has 1 N–H and O–H groups in total. The van der Waals surface area contributed by atoms with Crippen molar-refractivity contribution in [3.63, 3.8) is 0 Å². The van der Waals surface area contributed by atoms with Crippen LogP contribution in [0.4, 0.5) is 19.0 Å². The lowest BCUT2D eigenvalue weighted by Gasteiger charge is -2.18. The summed E-state index contributed by atoms with van der Waals surface area (Å²) in [5, 5.41) is 12.7. The quantitative estimate of drug-likeness (QED) is 0.539. The predicted molar refractivity (Wildman–Crippen MR) is 103 cm³/mol.